The Balaban J connectivity index is 1.85. The quantitative estimate of drug-likeness (QED) is 0.740. The SMILES string of the molecule is Cc1ccc(C2=C[C@@H](c3cccc(Cl)c3Cl)n3nnnc3N2)cc1. The summed E-state index contributed by atoms with van der Waals surface area (Å²) in [5, 5.41) is 16.2. The molecule has 120 valence electrons. The molecule has 1 aromatic heterocycles. The van der Waals surface area contributed by atoms with Gasteiger partial charge < -0.3 is 5.32 Å². The monoisotopic (exact) mass is 357 g/mol. The number of halogens is 2. The van der Waals surface area contributed by atoms with Gasteiger partial charge >= 0.3 is 0 Å². The molecule has 0 saturated heterocycles. The number of nitrogens with one attached hydrogen (secondary N) is 1. The zero-order valence-corrected chi connectivity index (χ0v) is 14.3. The summed E-state index contributed by atoms with van der Waals surface area (Å²) in [7, 11) is 0. The van der Waals surface area contributed by atoms with Crippen LogP contribution >= 0.6 is 23.2 Å². The Morgan fingerprint density at radius 1 is 1.08 bits per heavy atom. The smallest absolute Gasteiger partial charge is 0.248 e. The molecule has 24 heavy (non-hydrogen) atoms. The van der Waals surface area contributed by atoms with Crippen molar-refractivity contribution in [2.24, 2.45) is 0 Å². The number of anilines is 1. The highest BCUT2D eigenvalue weighted by Gasteiger charge is 2.26. The molecule has 4 rings (SSSR count). The number of nitrogens with zero attached hydrogens (tertiary/aromatic N) is 4. The minimum atomic E-state index is -0.237. The average Bonchev–Trinajstić information content (AvgIpc) is 3.06. The number of aromatic nitrogens is 4. The second-order valence-electron chi connectivity index (χ2n) is 5.61. The van der Waals surface area contributed by atoms with Gasteiger partial charge in [0.05, 0.1) is 10.0 Å². The first-order valence-corrected chi connectivity index (χ1v) is 8.17. The van der Waals surface area contributed by atoms with Crippen LogP contribution in [-0.2, 0) is 0 Å². The summed E-state index contributed by atoms with van der Waals surface area (Å²) in [4.78, 5) is 0. The molecule has 1 N–H and O–H groups in total. The van der Waals surface area contributed by atoms with Gasteiger partial charge in [-0.1, -0.05) is 70.3 Å². The fourth-order valence-electron chi connectivity index (χ4n) is 2.73. The number of rotatable bonds is 2. The third kappa shape index (κ3) is 2.56. The van der Waals surface area contributed by atoms with Crippen molar-refractivity contribution in [3.63, 3.8) is 0 Å². The highest BCUT2D eigenvalue weighted by atomic mass is 35.5. The van der Waals surface area contributed by atoms with Gasteiger partial charge in [0.25, 0.3) is 0 Å². The molecule has 2 aromatic carbocycles. The van der Waals surface area contributed by atoms with Crippen molar-refractivity contribution in [2.75, 3.05) is 5.32 Å². The van der Waals surface area contributed by atoms with E-state index in [1.54, 1.807) is 10.7 Å². The lowest BCUT2D eigenvalue weighted by Crippen LogP contribution is -2.20. The second kappa shape index (κ2) is 5.92. The minimum absolute atomic E-state index is 0.237. The lowest BCUT2D eigenvalue weighted by atomic mass is 10.0. The van der Waals surface area contributed by atoms with Gasteiger partial charge in [0.2, 0.25) is 5.95 Å². The number of allylic oxidation sites excluding steroid dienone is 1. The molecule has 0 amide bonds. The summed E-state index contributed by atoms with van der Waals surface area (Å²) in [6.07, 6.45) is 2.05. The van der Waals surface area contributed by atoms with Crippen molar-refractivity contribution in [1.29, 1.82) is 0 Å². The van der Waals surface area contributed by atoms with Crippen LogP contribution in [0.2, 0.25) is 10.0 Å². The number of benzene rings is 2. The van der Waals surface area contributed by atoms with Gasteiger partial charge in [-0.2, -0.15) is 4.68 Å². The van der Waals surface area contributed by atoms with Crippen LogP contribution in [0.15, 0.2) is 48.5 Å². The molecule has 1 atom stereocenters. The highest BCUT2D eigenvalue weighted by Crippen LogP contribution is 2.37. The first-order valence-electron chi connectivity index (χ1n) is 7.41. The first-order chi connectivity index (χ1) is 11.6. The zero-order valence-electron chi connectivity index (χ0n) is 12.7. The minimum Gasteiger partial charge on any atom is -0.323 e. The van der Waals surface area contributed by atoms with E-state index >= 15 is 0 Å². The van der Waals surface area contributed by atoms with Crippen molar-refractivity contribution in [2.45, 2.75) is 13.0 Å². The number of tetrazole rings is 1. The number of hydrogen-bond acceptors (Lipinski definition) is 4. The molecule has 7 heteroatoms. The van der Waals surface area contributed by atoms with Crippen LogP contribution in [0.1, 0.15) is 22.7 Å². The maximum Gasteiger partial charge on any atom is 0.248 e. The molecule has 1 aliphatic heterocycles. The molecule has 0 saturated carbocycles. The molecule has 0 aliphatic carbocycles. The van der Waals surface area contributed by atoms with Crippen LogP contribution in [0.25, 0.3) is 5.70 Å². The largest absolute Gasteiger partial charge is 0.323 e. The highest BCUT2D eigenvalue weighted by molar-refractivity contribution is 6.42. The second-order valence-corrected chi connectivity index (χ2v) is 6.39. The molecule has 3 aromatic rings. The van der Waals surface area contributed by atoms with Gasteiger partial charge in [-0.05, 0) is 35.1 Å². The first kappa shape index (κ1) is 15.2. The Kier molecular flexibility index (Phi) is 3.75. The lowest BCUT2D eigenvalue weighted by molar-refractivity contribution is 0.586. The Morgan fingerprint density at radius 2 is 1.88 bits per heavy atom. The number of aryl methyl sites for hydroxylation is 1. The molecular weight excluding hydrogens is 345 g/mol. The lowest BCUT2D eigenvalue weighted by Gasteiger charge is -2.24. The van der Waals surface area contributed by atoms with E-state index in [1.807, 2.05) is 18.2 Å². The molecule has 0 bridgehead atoms. The van der Waals surface area contributed by atoms with Crippen molar-refractivity contribution >= 4 is 34.8 Å². The maximum absolute atomic E-state index is 6.41. The van der Waals surface area contributed by atoms with Crippen molar-refractivity contribution < 1.29 is 0 Å². The van der Waals surface area contributed by atoms with Gasteiger partial charge in [0.1, 0.15) is 6.04 Å². The number of fused-ring (bicyclic) bond motifs is 1. The van der Waals surface area contributed by atoms with Gasteiger partial charge in [0, 0.05) is 11.3 Å². The van der Waals surface area contributed by atoms with E-state index in [1.165, 1.54) is 5.56 Å². The van der Waals surface area contributed by atoms with E-state index in [9.17, 15) is 0 Å². The third-order valence-corrected chi connectivity index (χ3v) is 4.82. The summed E-state index contributed by atoms with van der Waals surface area (Å²) in [6.45, 7) is 2.06. The Bertz CT molecular complexity index is 930. The van der Waals surface area contributed by atoms with Crippen LogP contribution in [0.4, 0.5) is 5.95 Å². The Hall–Kier alpha value is -2.37. The molecule has 0 unspecified atom stereocenters. The maximum atomic E-state index is 6.41. The van der Waals surface area contributed by atoms with Gasteiger partial charge in [-0.15, -0.1) is 0 Å². The third-order valence-electron chi connectivity index (χ3n) is 3.99. The molecule has 0 spiro atoms. The molecule has 2 heterocycles. The van der Waals surface area contributed by atoms with Crippen LogP contribution in [0, 0.1) is 6.92 Å². The van der Waals surface area contributed by atoms with Crippen LogP contribution in [0.3, 0.4) is 0 Å². The predicted octanol–water partition coefficient (Wildman–Crippen LogP) is 4.34. The van der Waals surface area contributed by atoms with Crippen molar-refractivity contribution in [3.8, 4) is 0 Å². The number of hydrogen-bond donors (Lipinski definition) is 1. The van der Waals surface area contributed by atoms with Crippen molar-refractivity contribution in [3.05, 3.63) is 75.3 Å². The van der Waals surface area contributed by atoms with E-state index in [-0.39, 0.29) is 6.04 Å². The van der Waals surface area contributed by atoms with Crippen LogP contribution < -0.4 is 5.32 Å². The molecule has 0 fully saturated rings. The summed E-state index contributed by atoms with van der Waals surface area (Å²) in [6, 6.07) is 13.6. The fraction of sp³-hybridized carbons (Fsp3) is 0.118. The molecule has 5 nitrogen and oxygen atoms in total. The molecule has 1 aliphatic rings. The summed E-state index contributed by atoms with van der Waals surface area (Å²) >= 11 is 12.6. The Morgan fingerprint density at radius 3 is 2.67 bits per heavy atom. The summed E-state index contributed by atoms with van der Waals surface area (Å²) in [5.41, 5.74) is 4.04. The predicted molar refractivity (Wildman–Crippen MR) is 95.2 cm³/mol. The Labute approximate surface area is 148 Å². The van der Waals surface area contributed by atoms with E-state index in [0.717, 1.165) is 16.8 Å². The van der Waals surface area contributed by atoms with E-state index in [2.05, 4.69) is 52.0 Å². The van der Waals surface area contributed by atoms with Gasteiger partial charge in [0.15, 0.2) is 0 Å². The van der Waals surface area contributed by atoms with Crippen LogP contribution in [0.5, 0.6) is 0 Å². The topological polar surface area (TPSA) is 55.6 Å². The van der Waals surface area contributed by atoms with Gasteiger partial charge in [-0.3, -0.25) is 0 Å². The van der Waals surface area contributed by atoms with Crippen molar-refractivity contribution in [1.82, 2.24) is 20.2 Å². The standard InChI is InChI=1S/C17H13Cl2N5/c1-10-5-7-11(8-6-10)14-9-15(24-17(20-14)21-22-23-24)12-3-2-4-13(18)16(12)19/h2-9,15H,1H3,(H,20,21,23)/t15-/m0/s1. The normalized spacial score (nSPS) is 16.3. The summed E-state index contributed by atoms with van der Waals surface area (Å²) in [5.74, 6) is 0.564. The van der Waals surface area contributed by atoms with E-state index in [0.29, 0.717) is 16.0 Å². The molecule has 0 radical (unpaired) electrons. The van der Waals surface area contributed by atoms with Crippen LogP contribution in [-0.4, -0.2) is 20.2 Å². The zero-order chi connectivity index (χ0) is 16.7. The molecular formula is C17H13Cl2N5. The average molecular weight is 358 g/mol. The van der Waals surface area contributed by atoms with E-state index < -0.39 is 0 Å². The van der Waals surface area contributed by atoms with E-state index in [4.69, 9.17) is 23.2 Å². The summed E-state index contributed by atoms with van der Waals surface area (Å²) < 4.78 is 1.69. The van der Waals surface area contributed by atoms with Gasteiger partial charge in [-0.25, -0.2) is 0 Å². The fourth-order valence-corrected chi connectivity index (χ4v) is 3.15.